The van der Waals surface area contributed by atoms with E-state index in [1.807, 2.05) is 18.2 Å². The van der Waals surface area contributed by atoms with Crippen LogP contribution in [0.3, 0.4) is 0 Å². The molecule has 1 aliphatic heterocycles. The summed E-state index contributed by atoms with van der Waals surface area (Å²) in [6.07, 6.45) is 0. The zero-order valence-corrected chi connectivity index (χ0v) is 11.5. The molecule has 2 aromatic rings. The Morgan fingerprint density at radius 1 is 1.29 bits per heavy atom. The van der Waals surface area contributed by atoms with Gasteiger partial charge in [0.1, 0.15) is 5.76 Å². The summed E-state index contributed by atoms with van der Waals surface area (Å²) in [6, 6.07) is 7.31. The van der Waals surface area contributed by atoms with Gasteiger partial charge in [-0.25, -0.2) is 0 Å². The first kappa shape index (κ1) is 13.3. The van der Waals surface area contributed by atoms with E-state index in [0.717, 1.165) is 11.3 Å². The maximum atomic E-state index is 11.7. The molecule has 0 atom stereocenters. The fourth-order valence-electron chi connectivity index (χ4n) is 1.93. The number of anilines is 1. The standard InChI is InChI=1S/C14H15N3O4/c1-9-4-13(17-21-9)15-7-14(18)16-6-10-2-3-11-12(5-10)20-8-19-11/h2-5H,6-8H2,1H3,(H,15,17)(H,16,18). The van der Waals surface area contributed by atoms with Crippen molar-refractivity contribution in [1.29, 1.82) is 0 Å². The molecule has 21 heavy (non-hydrogen) atoms. The van der Waals surface area contributed by atoms with Crippen molar-refractivity contribution in [2.24, 2.45) is 0 Å². The maximum Gasteiger partial charge on any atom is 0.239 e. The second kappa shape index (κ2) is 5.74. The molecule has 2 heterocycles. The molecule has 7 heteroatoms. The van der Waals surface area contributed by atoms with Gasteiger partial charge in [-0.15, -0.1) is 0 Å². The lowest BCUT2D eigenvalue weighted by atomic mass is 10.2. The van der Waals surface area contributed by atoms with Crippen LogP contribution in [0.25, 0.3) is 0 Å². The highest BCUT2D eigenvalue weighted by atomic mass is 16.7. The van der Waals surface area contributed by atoms with Gasteiger partial charge in [0, 0.05) is 12.6 Å². The first-order valence-corrected chi connectivity index (χ1v) is 6.53. The molecule has 1 aliphatic rings. The van der Waals surface area contributed by atoms with Gasteiger partial charge in [0.25, 0.3) is 0 Å². The van der Waals surface area contributed by atoms with Crippen LogP contribution >= 0.6 is 0 Å². The summed E-state index contributed by atoms with van der Waals surface area (Å²) >= 11 is 0. The van der Waals surface area contributed by atoms with E-state index >= 15 is 0 Å². The highest BCUT2D eigenvalue weighted by molar-refractivity contribution is 5.80. The molecule has 110 valence electrons. The predicted molar refractivity (Wildman–Crippen MR) is 74.1 cm³/mol. The van der Waals surface area contributed by atoms with Crippen molar-refractivity contribution in [2.45, 2.75) is 13.5 Å². The fraction of sp³-hybridized carbons (Fsp3) is 0.286. The second-order valence-corrected chi connectivity index (χ2v) is 4.64. The molecule has 1 aromatic carbocycles. The molecule has 0 bridgehead atoms. The molecular formula is C14H15N3O4. The number of carbonyl (C=O) groups is 1. The topological polar surface area (TPSA) is 85.6 Å². The van der Waals surface area contributed by atoms with Crippen molar-refractivity contribution in [3.8, 4) is 11.5 Å². The van der Waals surface area contributed by atoms with E-state index in [2.05, 4.69) is 15.8 Å². The van der Waals surface area contributed by atoms with Crippen LogP contribution in [-0.4, -0.2) is 24.4 Å². The largest absolute Gasteiger partial charge is 0.454 e. The zero-order valence-electron chi connectivity index (χ0n) is 11.5. The molecule has 0 radical (unpaired) electrons. The van der Waals surface area contributed by atoms with E-state index in [9.17, 15) is 4.79 Å². The van der Waals surface area contributed by atoms with Crippen LogP contribution in [-0.2, 0) is 11.3 Å². The number of ether oxygens (including phenoxy) is 2. The minimum atomic E-state index is -0.131. The van der Waals surface area contributed by atoms with Gasteiger partial charge in [0.05, 0.1) is 6.54 Å². The minimum absolute atomic E-state index is 0.131. The predicted octanol–water partition coefficient (Wildman–Crippen LogP) is 1.44. The molecule has 1 amide bonds. The summed E-state index contributed by atoms with van der Waals surface area (Å²) in [6.45, 7) is 2.59. The molecule has 0 unspecified atom stereocenters. The smallest absolute Gasteiger partial charge is 0.239 e. The van der Waals surface area contributed by atoms with Crippen LogP contribution in [0.5, 0.6) is 11.5 Å². The third kappa shape index (κ3) is 3.25. The number of nitrogens with zero attached hydrogens (tertiary/aromatic N) is 1. The lowest BCUT2D eigenvalue weighted by Gasteiger charge is -2.06. The van der Waals surface area contributed by atoms with Crippen LogP contribution in [0.1, 0.15) is 11.3 Å². The van der Waals surface area contributed by atoms with E-state index < -0.39 is 0 Å². The normalized spacial score (nSPS) is 12.2. The van der Waals surface area contributed by atoms with E-state index in [4.69, 9.17) is 14.0 Å². The van der Waals surface area contributed by atoms with E-state index in [-0.39, 0.29) is 19.2 Å². The quantitative estimate of drug-likeness (QED) is 0.866. The van der Waals surface area contributed by atoms with Crippen LogP contribution in [0, 0.1) is 6.92 Å². The molecule has 0 saturated heterocycles. The van der Waals surface area contributed by atoms with Crippen molar-refractivity contribution in [3.63, 3.8) is 0 Å². The van der Waals surface area contributed by atoms with Gasteiger partial charge in [-0.2, -0.15) is 0 Å². The highest BCUT2D eigenvalue weighted by Crippen LogP contribution is 2.32. The average molecular weight is 289 g/mol. The van der Waals surface area contributed by atoms with E-state index in [1.165, 1.54) is 0 Å². The van der Waals surface area contributed by atoms with Crippen LogP contribution < -0.4 is 20.1 Å². The van der Waals surface area contributed by atoms with Crippen molar-refractivity contribution in [3.05, 3.63) is 35.6 Å². The van der Waals surface area contributed by atoms with Gasteiger partial charge in [-0.1, -0.05) is 11.2 Å². The third-order valence-corrected chi connectivity index (χ3v) is 2.98. The molecule has 0 aliphatic carbocycles. The van der Waals surface area contributed by atoms with Crippen LogP contribution in [0.15, 0.2) is 28.8 Å². The number of fused-ring (bicyclic) bond motifs is 1. The number of hydrogen-bond acceptors (Lipinski definition) is 6. The Bertz CT molecular complexity index is 653. The Labute approximate surface area is 121 Å². The number of aromatic nitrogens is 1. The number of nitrogens with one attached hydrogen (secondary N) is 2. The zero-order chi connectivity index (χ0) is 14.7. The summed E-state index contributed by atoms with van der Waals surface area (Å²) in [7, 11) is 0. The van der Waals surface area contributed by atoms with Gasteiger partial charge in [0.15, 0.2) is 17.3 Å². The van der Waals surface area contributed by atoms with Crippen molar-refractivity contribution in [1.82, 2.24) is 10.5 Å². The van der Waals surface area contributed by atoms with E-state index in [1.54, 1.807) is 13.0 Å². The SMILES string of the molecule is Cc1cc(NCC(=O)NCc2ccc3c(c2)OCO3)no1. The second-order valence-electron chi connectivity index (χ2n) is 4.64. The summed E-state index contributed by atoms with van der Waals surface area (Å²) in [5.74, 6) is 2.54. The summed E-state index contributed by atoms with van der Waals surface area (Å²) < 4.78 is 15.4. The van der Waals surface area contributed by atoms with Gasteiger partial charge in [-0.05, 0) is 24.6 Å². The average Bonchev–Trinajstić information content (AvgIpc) is 3.10. The van der Waals surface area contributed by atoms with Crippen LogP contribution in [0.4, 0.5) is 5.82 Å². The Balaban J connectivity index is 1.47. The minimum Gasteiger partial charge on any atom is -0.454 e. The number of hydrogen-bond donors (Lipinski definition) is 2. The molecule has 0 fully saturated rings. The Morgan fingerprint density at radius 3 is 2.95 bits per heavy atom. The molecule has 0 spiro atoms. The Hall–Kier alpha value is -2.70. The number of benzene rings is 1. The maximum absolute atomic E-state index is 11.7. The Morgan fingerprint density at radius 2 is 2.14 bits per heavy atom. The van der Waals surface area contributed by atoms with Crippen molar-refractivity contribution >= 4 is 11.7 Å². The van der Waals surface area contributed by atoms with Gasteiger partial charge >= 0.3 is 0 Å². The third-order valence-electron chi connectivity index (χ3n) is 2.98. The number of rotatable bonds is 5. The molecule has 0 saturated carbocycles. The molecule has 3 rings (SSSR count). The molecule has 2 N–H and O–H groups in total. The molecular weight excluding hydrogens is 274 g/mol. The van der Waals surface area contributed by atoms with E-state index in [0.29, 0.717) is 23.9 Å². The molecule has 1 aromatic heterocycles. The summed E-state index contributed by atoms with van der Waals surface area (Å²) in [5, 5.41) is 9.44. The van der Waals surface area contributed by atoms with Crippen molar-refractivity contribution < 1.29 is 18.8 Å². The summed E-state index contributed by atoms with van der Waals surface area (Å²) in [5.41, 5.74) is 0.949. The first-order chi connectivity index (χ1) is 10.2. The summed E-state index contributed by atoms with van der Waals surface area (Å²) in [4.78, 5) is 11.7. The first-order valence-electron chi connectivity index (χ1n) is 6.53. The lowest BCUT2D eigenvalue weighted by Crippen LogP contribution is -2.29. The number of carbonyl (C=O) groups excluding carboxylic acids is 1. The van der Waals surface area contributed by atoms with Gasteiger partial charge in [0.2, 0.25) is 12.7 Å². The number of aryl methyl sites for hydroxylation is 1. The van der Waals surface area contributed by atoms with Crippen LogP contribution in [0.2, 0.25) is 0 Å². The molecule has 7 nitrogen and oxygen atoms in total. The van der Waals surface area contributed by atoms with Crippen molar-refractivity contribution in [2.75, 3.05) is 18.7 Å². The highest BCUT2D eigenvalue weighted by Gasteiger charge is 2.13. The van der Waals surface area contributed by atoms with Gasteiger partial charge < -0.3 is 24.6 Å². The lowest BCUT2D eigenvalue weighted by molar-refractivity contribution is -0.119. The fourth-order valence-corrected chi connectivity index (χ4v) is 1.93. The Kier molecular flexibility index (Phi) is 3.63. The van der Waals surface area contributed by atoms with Gasteiger partial charge in [-0.3, -0.25) is 4.79 Å². The number of amides is 1. The monoisotopic (exact) mass is 289 g/mol.